The molecular formula is C30H34F2N2O3S. The minimum atomic E-state index is -3.95. The predicted octanol–water partition coefficient (Wildman–Crippen LogP) is 6.64. The molecule has 0 radical (unpaired) electrons. The highest BCUT2D eigenvalue weighted by Gasteiger charge is 2.26. The van der Waals surface area contributed by atoms with Gasteiger partial charge in [-0.05, 0) is 105 Å². The summed E-state index contributed by atoms with van der Waals surface area (Å²) in [6, 6.07) is 15.4. The van der Waals surface area contributed by atoms with Crippen LogP contribution in [0.4, 0.5) is 14.5 Å². The van der Waals surface area contributed by atoms with E-state index in [1.165, 1.54) is 23.3 Å². The van der Waals surface area contributed by atoms with E-state index in [1.54, 1.807) is 12.1 Å². The first-order chi connectivity index (χ1) is 18.0. The summed E-state index contributed by atoms with van der Waals surface area (Å²) < 4.78 is 52.6. The highest BCUT2D eigenvalue weighted by Crippen LogP contribution is 2.35. The number of aryl methyl sites for hydroxylation is 1. The maximum absolute atomic E-state index is 13.6. The van der Waals surface area contributed by atoms with Gasteiger partial charge in [-0.15, -0.1) is 0 Å². The highest BCUT2D eigenvalue weighted by molar-refractivity contribution is 7.91. The van der Waals surface area contributed by atoms with Crippen molar-refractivity contribution in [3.05, 3.63) is 89.0 Å². The molecule has 0 saturated carbocycles. The molecular weight excluding hydrogens is 506 g/mol. The summed E-state index contributed by atoms with van der Waals surface area (Å²) in [5.41, 5.74) is 4.31. The van der Waals surface area contributed by atoms with Crippen LogP contribution in [0.1, 0.15) is 62.3 Å². The Kier molecular flexibility index (Phi) is 8.33. The Morgan fingerprint density at radius 2 is 1.53 bits per heavy atom. The molecule has 1 atom stereocenters. The zero-order chi connectivity index (χ0) is 27.6. The van der Waals surface area contributed by atoms with E-state index in [9.17, 15) is 22.0 Å². The van der Waals surface area contributed by atoms with Crippen LogP contribution in [0, 0.1) is 24.5 Å². The van der Waals surface area contributed by atoms with Gasteiger partial charge in [0, 0.05) is 17.6 Å². The summed E-state index contributed by atoms with van der Waals surface area (Å²) in [4.78, 5) is 14.3. The van der Waals surface area contributed by atoms with E-state index in [4.69, 9.17) is 0 Å². The van der Waals surface area contributed by atoms with Crippen molar-refractivity contribution in [3.63, 3.8) is 0 Å². The van der Waals surface area contributed by atoms with Crippen molar-refractivity contribution in [2.45, 2.75) is 62.3 Å². The van der Waals surface area contributed by atoms with Crippen LogP contribution in [0.15, 0.2) is 70.5 Å². The van der Waals surface area contributed by atoms with Crippen LogP contribution in [-0.2, 0) is 14.6 Å². The summed E-state index contributed by atoms with van der Waals surface area (Å²) in [5.74, 6) is -1.95. The predicted molar refractivity (Wildman–Crippen MR) is 145 cm³/mol. The van der Waals surface area contributed by atoms with Gasteiger partial charge in [0.15, 0.2) is 11.6 Å². The third-order valence-electron chi connectivity index (χ3n) is 7.46. The van der Waals surface area contributed by atoms with Crippen LogP contribution in [0.3, 0.4) is 0 Å². The van der Waals surface area contributed by atoms with Crippen LogP contribution in [0.25, 0.3) is 0 Å². The maximum Gasteiger partial charge on any atom is 0.226 e. The minimum Gasteiger partial charge on any atom is -0.326 e. The second kappa shape index (κ2) is 11.3. The van der Waals surface area contributed by atoms with Crippen molar-refractivity contribution in [2.75, 3.05) is 18.4 Å². The Bertz CT molecular complexity index is 1410. The number of halogens is 2. The van der Waals surface area contributed by atoms with Gasteiger partial charge in [0.25, 0.3) is 0 Å². The van der Waals surface area contributed by atoms with E-state index in [-0.39, 0.29) is 27.7 Å². The number of nitrogens with one attached hydrogen (secondary N) is 1. The molecule has 1 aliphatic heterocycles. The van der Waals surface area contributed by atoms with Crippen molar-refractivity contribution >= 4 is 21.4 Å². The molecule has 202 valence electrons. The molecule has 38 heavy (non-hydrogen) atoms. The first-order valence-electron chi connectivity index (χ1n) is 12.9. The molecule has 1 N–H and O–H groups in total. The number of rotatable bonds is 7. The third-order valence-corrected chi connectivity index (χ3v) is 9.23. The fourth-order valence-corrected chi connectivity index (χ4v) is 6.23. The third kappa shape index (κ3) is 5.97. The van der Waals surface area contributed by atoms with E-state index in [0.29, 0.717) is 12.0 Å². The van der Waals surface area contributed by atoms with Gasteiger partial charge in [-0.25, -0.2) is 17.2 Å². The van der Waals surface area contributed by atoms with Crippen molar-refractivity contribution in [2.24, 2.45) is 5.92 Å². The van der Waals surface area contributed by atoms with Crippen molar-refractivity contribution < 1.29 is 22.0 Å². The van der Waals surface area contributed by atoms with Gasteiger partial charge in [-0.3, -0.25) is 9.69 Å². The van der Waals surface area contributed by atoms with E-state index in [1.807, 2.05) is 19.9 Å². The molecule has 5 nitrogen and oxygen atoms in total. The molecule has 3 aromatic rings. The number of nitrogens with zero attached hydrogens (tertiary/aromatic N) is 1. The smallest absolute Gasteiger partial charge is 0.226 e. The first-order valence-corrected chi connectivity index (χ1v) is 14.4. The lowest BCUT2D eigenvalue weighted by molar-refractivity contribution is -0.118. The standard InChI is InChI=1S/C30H34F2N2O3S/c1-19(2)30(35)33-24-8-5-20(3)27(17-24)23-13-15-34(16-14-23)21(4)22-6-9-25(10-7-22)38(36,37)26-11-12-28(31)29(32)18-26/h5-12,17-19,21,23H,13-16H2,1-4H3,(H,33,35). The van der Waals surface area contributed by atoms with Gasteiger partial charge >= 0.3 is 0 Å². The second-order valence-corrected chi connectivity index (χ2v) is 12.3. The van der Waals surface area contributed by atoms with Gasteiger partial charge in [0.05, 0.1) is 9.79 Å². The monoisotopic (exact) mass is 540 g/mol. The normalized spacial score (nSPS) is 16.0. The fourth-order valence-electron chi connectivity index (χ4n) is 4.96. The van der Waals surface area contributed by atoms with Gasteiger partial charge in [0.1, 0.15) is 0 Å². The molecule has 0 bridgehead atoms. The molecule has 1 saturated heterocycles. The van der Waals surface area contributed by atoms with Crippen molar-refractivity contribution in [3.8, 4) is 0 Å². The largest absolute Gasteiger partial charge is 0.326 e. The average Bonchev–Trinajstić information content (AvgIpc) is 2.91. The molecule has 1 amide bonds. The number of likely N-dealkylation sites (tertiary alicyclic amines) is 1. The molecule has 1 aliphatic rings. The molecule has 1 heterocycles. The van der Waals surface area contributed by atoms with Crippen LogP contribution in [0.2, 0.25) is 0 Å². The van der Waals surface area contributed by atoms with E-state index >= 15 is 0 Å². The lowest BCUT2D eigenvalue weighted by Gasteiger charge is -2.37. The number of anilines is 1. The van der Waals surface area contributed by atoms with Crippen LogP contribution < -0.4 is 5.32 Å². The van der Waals surface area contributed by atoms with Gasteiger partial charge in [-0.1, -0.05) is 32.0 Å². The van der Waals surface area contributed by atoms with Crippen LogP contribution >= 0.6 is 0 Å². The number of hydrogen-bond donors (Lipinski definition) is 1. The Morgan fingerprint density at radius 1 is 0.895 bits per heavy atom. The number of sulfone groups is 1. The number of hydrogen-bond acceptors (Lipinski definition) is 4. The van der Waals surface area contributed by atoms with Crippen molar-refractivity contribution in [1.82, 2.24) is 4.90 Å². The number of piperidine rings is 1. The Labute approximate surface area is 223 Å². The number of benzene rings is 3. The zero-order valence-corrected chi connectivity index (χ0v) is 23.0. The molecule has 0 aromatic heterocycles. The molecule has 3 aromatic carbocycles. The van der Waals surface area contributed by atoms with Gasteiger partial charge in [0.2, 0.25) is 15.7 Å². The SMILES string of the molecule is Cc1ccc(NC(=O)C(C)C)cc1C1CCN(C(C)c2ccc(S(=O)(=O)c3ccc(F)c(F)c3)cc2)CC1. The topological polar surface area (TPSA) is 66.5 Å². The lowest BCUT2D eigenvalue weighted by Crippen LogP contribution is -2.35. The molecule has 1 unspecified atom stereocenters. The minimum absolute atomic E-state index is 0.00657. The summed E-state index contributed by atoms with van der Waals surface area (Å²) in [7, 11) is -3.95. The first kappa shape index (κ1) is 27.9. The number of carbonyl (C=O) groups is 1. The molecule has 0 aliphatic carbocycles. The van der Waals surface area contributed by atoms with E-state index in [2.05, 4.69) is 36.2 Å². The number of amides is 1. The summed E-state index contributed by atoms with van der Waals surface area (Å²) in [6.45, 7) is 9.74. The molecule has 0 spiro atoms. The molecule has 4 rings (SSSR count). The van der Waals surface area contributed by atoms with Crippen LogP contribution in [-0.4, -0.2) is 32.3 Å². The zero-order valence-electron chi connectivity index (χ0n) is 22.2. The Morgan fingerprint density at radius 3 is 2.13 bits per heavy atom. The lowest BCUT2D eigenvalue weighted by atomic mass is 9.86. The molecule has 1 fully saturated rings. The van der Waals surface area contributed by atoms with E-state index < -0.39 is 21.5 Å². The highest BCUT2D eigenvalue weighted by atomic mass is 32.2. The quantitative estimate of drug-likeness (QED) is 0.341. The summed E-state index contributed by atoms with van der Waals surface area (Å²) >= 11 is 0. The second-order valence-electron chi connectivity index (χ2n) is 10.3. The van der Waals surface area contributed by atoms with Gasteiger partial charge < -0.3 is 5.32 Å². The summed E-state index contributed by atoms with van der Waals surface area (Å²) in [6.07, 6.45) is 1.96. The number of carbonyl (C=O) groups excluding carboxylic acids is 1. The van der Waals surface area contributed by atoms with Crippen molar-refractivity contribution in [1.29, 1.82) is 0 Å². The summed E-state index contributed by atoms with van der Waals surface area (Å²) in [5, 5.41) is 3.00. The average molecular weight is 541 g/mol. The fraction of sp³-hybridized carbons (Fsp3) is 0.367. The van der Waals surface area contributed by atoms with Crippen LogP contribution in [0.5, 0.6) is 0 Å². The van der Waals surface area contributed by atoms with E-state index in [0.717, 1.165) is 49.3 Å². The van der Waals surface area contributed by atoms with Gasteiger partial charge in [-0.2, -0.15) is 0 Å². The maximum atomic E-state index is 13.6. The Balaban J connectivity index is 1.42. The Hall–Kier alpha value is -3.10. The molecule has 8 heteroatoms.